The van der Waals surface area contributed by atoms with E-state index < -0.39 is 0 Å². The molecule has 1 N–H and O–H groups in total. The fraction of sp³-hybridized carbons (Fsp3) is 0.600. The zero-order valence-corrected chi connectivity index (χ0v) is 4.13. The van der Waals surface area contributed by atoms with E-state index in [0.29, 0.717) is 12.7 Å². The summed E-state index contributed by atoms with van der Waals surface area (Å²) in [4.78, 5) is 9.77. The Labute approximate surface area is 43.2 Å². The highest BCUT2D eigenvalue weighted by atomic mass is 16.3. The van der Waals surface area contributed by atoms with Crippen molar-refractivity contribution in [2.75, 3.05) is 6.61 Å². The van der Waals surface area contributed by atoms with Crippen molar-refractivity contribution in [3.8, 4) is 0 Å². The number of rotatable bonds is 3. The maximum atomic E-state index is 9.77. The molecular weight excluding hydrogens is 92.1 g/mol. The Hall–Kier alpha value is -0.370. The summed E-state index contributed by atoms with van der Waals surface area (Å²) in [6.07, 6.45) is 1.20. The van der Waals surface area contributed by atoms with Gasteiger partial charge in [0.25, 0.3) is 0 Å². The number of aldehydes is 1. The van der Waals surface area contributed by atoms with Crippen LogP contribution in [-0.2, 0) is 4.79 Å². The standard InChI is InChI=1S/C5H9O2/c1-2-5(3-6)4-7/h3,5,7H,1-2,4H2. The van der Waals surface area contributed by atoms with Crippen molar-refractivity contribution in [2.24, 2.45) is 5.92 Å². The lowest BCUT2D eigenvalue weighted by Crippen LogP contribution is -2.04. The van der Waals surface area contributed by atoms with E-state index in [1.165, 1.54) is 0 Å². The zero-order valence-electron chi connectivity index (χ0n) is 4.13. The Balaban J connectivity index is 3.16. The molecular formula is C5H9O2. The number of aliphatic hydroxyl groups is 1. The first-order valence-electron chi connectivity index (χ1n) is 2.20. The summed E-state index contributed by atoms with van der Waals surface area (Å²) in [5, 5.41) is 8.25. The predicted molar refractivity (Wildman–Crippen MR) is 26.6 cm³/mol. The van der Waals surface area contributed by atoms with E-state index in [4.69, 9.17) is 5.11 Å². The van der Waals surface area contributed by atoms with Gasteiger partial charge in [0.2, 0.25) is 0 Å². The van der Waals surface area contributed by atoms with E-state index in [1.54, 1.807) is 0 Å². The minimum atomic E-state index is -0.250. The summed E-state index contributed by atoms with van der Waals surface area (Å²) in [6, 6.07) is 0. The summed E-state index contributed by atoms with van der Waals surface area (Å²) in [5.74, 6) is -0.250. The molecule has 0 aromatic rings. The number of carbonyl (C=O) groups is 1. The van der Waals surface area contributed by atoms with Crippen LogP contribution in [0.15, 0.2) is 0 Å². The van der Waals surface area contributed by atoms with Gasteiger partial charge in [-0.2, -0.15) is 0 Å². The summed E-state index contributed by atoms with van der Waals surface area (Å²) in [7, 11) is 0. The molecule has 0 aliphatic carbocycles. The third kappa shape index (κ3) is 2.34. The predicted octanol–water partition coefficient (Wildman–Crippen LogP) is 0.0180. The zero-order chi connectivity index (χ0) is 5.70. The molecule has 0 amide bonds. The Kier molecular flexibility index (Phi) is 3.61. The van der Waals surface area contributed by atoms with Gasteiger partial charge >= 0.3 is 0 Å². The van der Waals surface area contributed by atoms with Gasteiger partial charge in [0.1, 0.15) is 6.29 Å². The van der Waals surface area contributed by atoms with Crippen LogP contribution in [0.2, 0.25) is 0 Å². The molecule has 2 heteroatoms. The van der Waals surface area contributed by atoms with Gasteiger partial charge in [0, 0.05) is 5.92 Å². The molecule has 1 atom stereocenters. The van der Waals surface area contributed by atoms with Crippen LogP contribution < -0.4 is 0 Å². The smallest absolute Gasteiger partial charge is 0.125 e. The van der Waals surface area contributed by atoms with Gasteiger partial charge in [-0.1, -0.05) is 6.92 Å². The largest absolute Gasteiger partial charge is 0.396 e. The molecule has 7 heavy (non-hydrogen) atoms. The highest BCUT2D eigenvalue weighted by Gasteiger charge is 1.98. The SMILES string of the molecule is [CH2]CC(C=O)CO. The van der Waals surface area contributed by atoms with Crippen molar-refractivity contribution in [1.82, 2.24) is 0 Å². The molecule has 2 nitrogen and oxygen atoms in total. The Morgan fingerprint density at radius 2 is 2.43 bits per heavy atom. The van der Waals surface area contributed by atoms with Crippen LogP contribution in [-0.4, -0.2) is 18.0 Å². The maximum Gasteiger partial charge on any atom is 0.125 e. The molecule has 0 heterocycles. The minimum absolute atomic E-state index is 0.0764. The van der Waals surface area contributed by atoms with E-state index in [-0.39, 0.29) is 12.5 Å². The highest BCUT2D eigenvalue weighted by Crippen LogP contribution is 1.92. The third-order valence-electron chi connectivity index (χ3n) is 0.798. The summed E-state index contributed by atoms with van der Waals surface area (Å²) >= 11 is 0. The second-order valence-electron chi connectivity index (χ2n) is 1.37. The van der Waals surface area contributed by atoms with E-state index >= 15 is 0 Å². The first kappa shape index (κ1) is 6.63. The Bertz CT molecular complexity index is 48.0. The maximum absolute atomic E-state index is 9.77. The van der Waals surface area contributed by atoms with Crippen molar-refractivity contribution >= 4 is 6.29 Å². The van der Waals surface area contributed by atoms with Crippen LogP contribution in [0, 0.1) is 12.8 Å². The van der Waals surface area contributed by atoms with Crippen LogP contribution in [0.3, 0.4) is 0 Å². The summed E-state index contributed by atoms with van der Waals surface area (Å²) in [6.45, 7) is 3.36. The summed E-state index contributed by atoms with van der Waals surface area (Å²) in [5.41, 5.74) is 0. The van der Waals surface area contributed by atoms with Crippen molar-refractivity contribution in [1.29, 1.82) is 0 Å². The molecule has 1 radical (unpaired) electrons. The van der Waals surface area contributed by atoms with Gasteiger partial charge < -0.3 is 9.90 Å². The van der Waals surface area contributed by atoms with Gasteiger partial charge in [0.15, 0.2) is 0 Å². The Morgan fingerprint density at radius 3 is 2.43 bits per heavy atom. The monoisotopic (exact) mass is 101 g/mol. The second-order valence-corrected chi connectivity index (χ2v) is 1.37. The van der Waals surface area contributed by atoms with Crippen molar-refractivity contribution in [2.45, 2.75) is 6.42 Å². The van der Waals surface area contributed by atoms with Crippen LogP contribution in [0.1, 0.15) is 6.42 Å². The average molecular weight is 101 g/mol. The van der Waals surface area contributed by atoms with Gasteiger partial charge in [-0.3, -0.25) is 0 Å². The fourth-order valence-electron chi connectivity index (χ4n) is 0.202. The lowest BCUT2D eigenvalue weighted by Gasteiger charge is -1.96. The van der Waals surface area contributed by atoms with Gasteiger partial charge in [-0.25, -0.2) is 0 Å². The molecule has 0 spiro atoms. The quantitative estimate of drug-likeness (QED) is 0.509. The van der Waals surface area contributed by atoms with Gasteiger partial charge in [-0.05, 0) is 6.42 Å². The molecule has 0 aliphatic rings. The van der Waals surface area contributed by atoms with E-state index in [0.717, 1.165) is 0 Å². The minimum Gasteiger partial charge on any atom is -0.396 e. The average Bonchev–Trinajstić information content (AvgIpc) is 1.72. The fourth-order valence-corrected chi connectivity index (χ4v) is 0.202. The number of hydrogen-bond acceptors (Lipinski definition) is 2. The van der Waals surface area contributed by atoms with E-state index in [9.17, 15) is 4.79 Å². The number of hydrogen-bond donors (Lipinski definition) is 1. The van der Waals surface area contributed by atoms with Crippen LogP contribution in [0.5, 0.6) is 0 Å². The molecule has 0 rings (SSSR count). The molecule has 0 aliphatic heterocycles. The molecule has 0 fully saturated rings. The summed E-state index contributed by atoms with van der Waals surface area (Å²) < 4.78 is 0. The lowest BCUT2D eigenvalue weighted by molar-refractivity contribution is -0.112. The highest BCUT2D eigenvalue weighted by molar-refractivity contribution is 5.53. The first-order chi connectivity index (χ1) is 3.35. The molecule has 0 aromatic heterocycles. The van der Waals surface area contributed by atoms with Crippen LogP contribution in [0.4, 0.5) is 0 Å². The third-order valence-corrected chi connectivity index (χ3v) is 0.798. The normalized spacial score (nSPS) is 13.4. The number of aliphatic hydroxyl groups excluding tert-OH is 1. The van der Waals surface area contributed by atoms with E-state index in [1.807, 2.05) is 0 Å². The molecule has 0 saturated carbocycles. The molecule has 0 bridgehead atoms. The molecule has 1 unspecified atom stereocenters. The van der Waals surface area contributed by atoms with Crippen LogP contribution in [0.25, 0.3) is 0 Å². The first-order valence-corrected chi connectivity index (χ1v) is 2.20. The van der Waals surface area contributed by atoms with Crippen LogP contribution >= 0.6 is 0 Å². The lowest BCUT2D eigenvalue weighted by atomic mass is 10.1. The molecule has 0 aromatic carbocycles. The number of carbonyl (C=O) groups excluding carboxylic acids is 1. The molecule has 0 saturated heterocycles. The Morgan fingerprint density at radius 1 is 1.86 bits per heavy atom. The topological polar surface area (TPSA) is 37.3 Å². The van der Waals surface area contributed by atoms with Crippen molar-refractivity contribution in [3.63, 3.8) is 0 Å². The van der Waals surface area contributed by atoms with Gasteiger partial charge in [0.05, 0.1) is 6.61 Å². The molecule has 41 valence electrons. The van der Waals surface area contributed by atoms with E-state index in [2.05, 4.69) is 6.92 Å². The second kappa shape index (κ2) is 3.81. The van der Waals surface area contributed by atoms with Crippen molar-refractivity contribution in [3.05, 3.63) is 6.92 Å². The van der Waals surface area contributed by atoms with Gasteiger partial charge in [-0.15, -0.1) is 0 Å². The van der Waals surface area contributed by atoms with Crippen molar-refractivity contribution < 1.29 is 9.90 Å².